The number of aliphatic hydroxyl groups excluding tert-OH is 1. The first-order valence-corrected chi connectivity index (χ1v) is 13.6. The summed E-state index contributed by atoms with van der Waals surface area (Å²) in [6, 6.07) is 14.9. The highest BCUT2D eigenvalue weighted by molar-refractivity contribution is 7.89. The summed E-state index contributed by atoms with van der Waals surface area (Å²) in [6.45, 7) is 1.35. The number of hydrogen-bond acceptors (Lipinski definition) is 5. The summed E-state index contributed by atoms with van der Waals surface area (Å²) in [5.41, 5.74) is 0.917. The van der Waals surface area contributed by atoms with Crippen LogP contribution in [0.1, 0.15) is 43.7 Å². The molecule has 7 nitrogen and oxygen atoms in total. The molecule has 2 heterocycles. The van der Waals surface area contributed by atoms with Crippen LogP contribution in [0.5, 0.6) is 0 Å². The summed E-state index contributed by atoms with van der Waals surface area (Å²) >= 11 is 5.98. The maximum absolute atomic E-state index is 13.7. The van der Waals surface area contributed by atoms with E-state index in [2.05, 4.69) is 0 Å². The van der Waals surface area contributed by atoms with Gasteiger partial charge in [-0.25, -0.2) is 13.2 Å². The van der Waals surface area contributed by atoms with Crippen molar-refractivity contribution in [2.45, 2.75) is 49.1 Å². The number of amides is 1. The van der Waals surface area contributed by atoms with Crippen molar-refractivity contribution in [3.63, 3.8) is 0 Å². The lowest BCUT2D eigenvalue weighted by molar-refractivity contribution is 0.0711. The Labute approximate surface area is 206 Å². The second-order valence-corrected chi connectivity index (χ2v) is 11.2. The summed E-state index contributed by atoms with van der Waals surface area (Å²) in [6.07, 6.45) is 3.26. The number of benzene rings is 2. The Hall–Kier alpha value is -2.13. The van der Waals surface area contributed by atoms with Gasteiger partial charge in [-0.1, -0.05) is 41.9 Å². The van der Waals surface area contributed by atoms with Gasteiger partial charge in [-0.3, -0.25) is 0 Å². The smallest absolute Gasteiger partial charge is 0.409 e. The molecule has 0 saturated carbocycles. The van der Waals surface area contributed by atoms with Crippen molar-refractivity contribution in [1.82, 2.24) is 9.21 Å². The van der Waals surface area contributed by atoms with Crippen molar-refractivity contribution in [1.29, 1.82) is 0 Å². The monoisotopic (exact) mass is 506 g/mol. The van der Waals surface area contributed by atoms with Gasteiger partial charge in [0.15, 0.2) is 0 Å². The van der Waals surface area contributed by atoms with E-state index < -0.39 is 22.2 Å². The van der Waals surface area contributed by atoms with E-state index in [4.69, 9.17) is 21.4 Å². The summed E-state index contributed by atoms with van der Waals surface area (Å²) < 4.78 is 34.5. The molecule has 1 amide bonds. The van der Waals surface area contributed by atoms with E-state index in [1.54, 1.807) is 17.0 Å². The molecule has 0 radical (unpaired) electrons. The predicted octanol–water partition coefficient (Wildman–Crippen LogP) is 4.47. The van der Waals surface area contributed by atoms with Crippen molar-refractivity contribution >= 4 is 27.7 Å². The molecule has 2 aliphatic heterocycles. The lowest BCUT2D eigenvalue weighted by atomic mass is 9.94. The molecule has 0 unspecified atom stereocenters. The van der Waals surface area contributed by atoms with Crippen LogP contribution < -0.4 is 0 Å². The number of nitrogens with zero attached hydrogens (tertiary/aromatic N) is 2. The van der Waals surface area contributed by atoms with E-state index in [0.29, 0.717) is 36.9 Å². The number of aliphatic hydroxyl groups is 1. The highest BCUT2D eigenvalue weighted by Crippen LogP contribution is 2.40. The zero-order valence-electron chi connectivity index (χ0n) is 19.1. The number of carbonyl (C=O) groups is 1. The van der Waals surface area contributed by atoms with Gasteiger partial charge >= 0.3 is 6.09 Å². The second kappa shape index (κ2) is 11.1. The molecule has 34 heavy (non-hydrogen) atoms. The molecule has 2 aromatic rings. The average Bonchev–Trinajstić information content (AvgIpc) is 3.29. The summed E-state index contributed by atoms with van der Waals surface area (Å²) in [5, 5.41) is 9.59. The van der Waals surface area contributed by atoms with Gasteiger partial charge in [0.05, 0.1) is 17.0 Å². The van der Waals surface area contributed by atoms with E-state index >= 15 is 0 Å². The van der Waals surface area contributed by atoms with Gasteiger partial charge in [0.25, 0.3) is 0 Å². The van der Waals surface area contributed by atoms with Gasteiger partial charge in [0.1, 0.15) is 6.61 Å². The Morgan fingerprint density at radius 1 is 1.00 bits per heavy atom. The van der Waals surface area contributed by atoms with Crippen molar-refractivity contribution in [3.05, 3.63) is 65.2 Å². The van der Waals surface area contributed by atoms with Crippen LogP contribution in [0.15, 0.2) is 59.5 Å². The molecule has 1 N–H and O–H groups in total. The summed E-state index contributed by atoms with van der Waals surface area (Å²) in [7, 11) is -3.84. The number of likely N-dealkylation sites (tertiary alicyclic amines) is 1. The number of ether oxygens (including phenoxy) is 1. The van der Waals surface area contributed by atoms with Gasteiger partial charge in [-0.05, 0) is 67.9 Å². The maximum atomic E-state index is 13.7. The van der Waals surface area contributed by atoms with Crippen LogP contribution in [0, 0.1) is 5.92 Å². The fourth-order valence-corrected chi connectivity index (χ4v) is 6.91. The van der Waals surface area contributed by atoms with Crippen LogP contribution in [0.3, 0.4) is 0 Å². The van der Waals surface area contributed by atoms with Crippen LogP contribution in [-0.4, -0.2) is 61.2 Å². The van der Waals surface area contributed by atoms with E-state index in [1.165, 1.54) is 16.4 Å². The minimum atomic E-state index is -3.84. The van der Waals surface area contributed by atoms with Crippen molar-refractivity contribution in [3.8, 4) is 0 Å². The minimum Gasteiger partial charge on any atom is -0.448 e. The lowest BCUT2D eigenvalue weighted by Gasteiger charge is -2.32. The van der Waals surface area contributed by atoms with Crippen LogP contribution in [0.2, 0.25) is 5.02 Å². The fourth-order valence-electron chi connectivity index (χ4n) is 4.94. The molecule has 9 heteroatoms. The first-order chi connectivity index (χ1) is 16.4. The van der Waals surface area contributed by atoms with Crippen LogP contribution in [-0.2, 0) is 14.8 Å². The zero-order chi connectivity index (χ0) is 24.1. The second-order valence-electron chi connectivity index (χ2n) is 8.97. The Morgan fingerprint density at radius 2 is 1.68 bits per heavy atom. The zero-order valence-corrected chi connectivity index (χ0v) is 20.6. The van der Waals surface area contributed by atoms with E-state index in [-0.39, 0.29) is 24.2 Å². The van der Waals surface area contributed by atoms with Crippen molar-refractivity contribution in [2.75, 3.05) is 26.3 Å². The molecule has 2 saturated heterocycles. The highest BCUT2D eigenvalue weighted by atomic mass is 35.5. The molecule has 0 aromatic heterocycles. The number of piperidine rings is 1. The van der Waals surface area contributed by atoms with Crippen LogP contribution in [0.4, 0.5) is 4.79 Å². The minimum absolute atomic E-state index is 0.00551. The van der Waals surface area contributed by atoms with Gasteiger partial charge < -0.3 is 14.7 Å². The molecule has 0 bridgehead atoms. The van der Waals surface area contributed by atoms with E-state index in [9.17, 15) is 13.2 Å². The number of sulfonamides is 1. The maximum Gasteiger partial charge on any atom is 0.409 e. The molecular formula is C25H31ClN2O5S. The van der Waals surface area contributed by atoms with Gasteiger partial charge in [0.2, 0.25) is 10.0 Å². The fraction of sp³-hybridized carbons (Fsp3) is 0.480. The number of halogens is 1. The number of carbonyl (C=O) groups excluding carboxylic acids is 1. The molecule has 184 valence electrons. The third-order valence-electron chi connectivity index (χ3n) is 6.82. The molecule has 2 atom stereocenters. The molecule has 0 spiro atoms. The first-order valence-electron chi connectivity index (χ1n) is 11.8. The molecular weight excluding hydrogens is 476 g/mol. The topological polar surface area (TPSA) is 87.2 Å². The molecule has 4 rings (SSSR count). The highest BCUT2D eigenvalue weighted by Gasteiger charge is 2.43. The molecule has 0 aliphatic carbocycles. The van der Waals surface area contributed by atoms with E-state index in [1.807, 2.05) is 30.3 Å². The lowest BCUT2D eigenvalue weighted by Crippen LogP contribution is -2.43. The third-order valence-corrected chi connectivity index (χ3v) is 9.05. The average molecular weight is 507 g/mol. The predicted molar refractivity (Wildman–Crippen MR) is 130 cm³/mol. The molecule has 2 fully saturated rings. The van der Waals surface area contributed by atoms with Gasteiger partial charge in [-0.2, -0.15) is 4.31 Å². The SMILES string of the molecule is O=C(OC[C@H]1CC[C@@H](c2ccccc2)N1S(=O)(=O)c1ccc(Cl)cc1)N1CCC(CCO)CC1. The normalized spacial score (nSPS) is 22.1. The van der Waals surface area contributed by atoms with E-state index in [0.717, 1.165) is 24.8 Å². The van der Waals surface area contributed by atoms with Gasteiger partial charge in [-0.15, -0.1) is 0 Å². The Balaban J connectivity index is 1.49. The van der Waals surface area contributed by atoms with Gasteiger partial charge in [0, 0.05) is 24.7 Å². The third kappa shape index (κ3) is 5.57. The number of hydrogen-bond donors (Lipinski definition) is 1. The molecule has 2 aromatic carbocycles. The van der Waals surface area contributed by atoms with Crippen molar-refractivity contribution < 1.29 is 23.1 Å². The Morgan fingerprint density at radius 3 is 2.32 bits per heavy atom. The van der Waals surface area contributed by atoms with Crippen LogP contribution >= 0.6 is 11.6 Å². The Kier molecular flexibility index (Phi) is 8.14. The number of rotatable bonds is 7. The Bertz CT molecular complexity index is 1060. The van der Waals surface area contributed by atoms with Crippen LogP contribution in [0.25, 0.3) is 0 Å². The molecule has 2 aliphatic rings. The summed E-state index contributed by atoms with van der Waals surface area (Å²) in [4.78, 5) is 14.6. The largest absolute Gasteiger partial charge is 0.448 e. The first kappa shape index (κ1) is 25.0. The standard InChI is InChI=1S/C25H31ClN2O5S/c26-21-6-9-23(10-7-21)34(31,32)28-22(8-11-24(28)20-4-2-1-3-5-20)18-33-25(30)27-15-12-19(13-16-27)14-17-29/h1-7,9-10,19,22,24,29H,8,11-18H2/t22-,24+/m1/s1. The summed E-state index contributed by atoms with van der Waals surface area (Å²) in [5.74, 6) is 0.426. The quantitative estimate of drug-likeness (QED) is 0.599. The van der Waals surface area contributed by atoms with Crippen molar-refractivity contribution in [2.24, 2.45) is 5.92 Å².